The van der Waals surface area contributed by atoms with Crippen molar-refractivity contribution in [2.24, 2.45) is 5.92 Å². The van der Waals surface area contributed by atoms with Crippen molar-refractivity contribution in [2.75, 3.05) is 18.6 Å². The minimum absolute atomic E-state index is 0.701. The van der Waals surface area contributed by atoms with Crippen LogP contribution in [0.1, 0.15) is 25.1 Å². The lowest BCUT2D eigenvalue weighted by molar-refractivity contribution is 0.551. The van der Waals surface area contributed by atoms with Crippen LogP contribution >= 0.6 is 11.8 Å². The molecule has 0 amide bonds. The van der Waals surface area contributed by atoms with Gasteiger partial charge in [-0.3, -0.25) is 4.68 Å². The van der Waals surface area contributed by atoms with E-state index in [2.05, 4.69) is 48.3 Å². The zero-order chi connectivity index (χ0) is 12.0. The molecule has 0 fully saturated rings. The van der Waals surface area contributed by atoms with Crippen LogP contribution in [0.3, 0.4) is 0 Å². The van der Waals surface area contributed by atoms with Gasteiger partial charge in [-0.05, 0) is 25.6 Å². The molecule has 0 bridgehead atoms. The van der Waals surface area contributed by atoms with E-state index in [0.29, 0.717) is 5.92 Å². The summed E-state index contributed by atoms with van der Waals surface area (Å²) in [6, 6.07) is 0. The van der Waals surface area contributed by atoms with Gasteiger partial charge in [-0.15, -0.1) is 0 Å². The zero-order valence-corrected chi connectivity index (χ0v) is 11.6. The topological polar surface area (TPSA) is 29.9 Å². The van der Waals surface area contributed by atoms with Gasteiger partial charge in [0.15, 0.2) is 0 Å². The van der Waals surface area contributed by atoms with Gasteiger partial charge in [0.1, 0.15) is 0 Å². The fraction of sp³-hybridized carbons (Fsp3) is 0.750. The Balaban J connectivity index is 2.43. The third-order valence-corrected chi connectivity index (χ3v) is 3.03. The van der Waals surface area contributed by atoms with Crippen molar-refractivity contribution in [1.29, 1.82) is 0 Å². The predicted octanol–water partition coefficient (Wildman–Crippen LogP) is 2.30. The van der Waals surface area contributed by atoms with Gasteiger partial charge in [0, 0.05) is 30.6 Å². The molecule has 0 aliphatic rings. The van der Waals surface area contributed by atoms with Crippen LogP contribution in [0, 0.1) is 12.8 Å². The zero-order valence-electron chi connectivity index (χ0n) is 10.8. The highest BCUT2D eigenvalue weighted by Gasteiger charge is 2.04. The second-order valence-corrected chi connectivity index (χ2v) is 5.51. The Hall–Kier alpha value is -0.480. The number of aryl methyl sites for hydroxylation is 2. The number of nitrogens with one attached hydrogen (secondary N) is 1. The molecule has 1 aromatic rings. The minimum Gasteiger partial charge on any atom is -0.312 e. The molecule has 1 rings (SSSR count). The standard InChI is InChI=1S/C12H23N3S/c1-10(2)7-13-8-12-9-15(5-6-16-4)14-11(12)3/h9-10,13H,5-8H2,1-4H3. The summed E-state index contributed by atoms with van der Waals surface area (Å²) in [5.74, 6) is 1.83. The number of thioether (sulfide) groups is 1. The maximum absolute atomic E-state index is 4.51. The van der Waals surface area contributed by atoms with Gasteiger partial charge in [0.25, 0.3) is 0 Å². The van der Waals surface area contributed by atoms with Gasteiger partial charge in [-0.2, -0.15) is 16.9 Å². The molecule has 0 aromatic carbocycles. The van der Waals surface area contributed by atoms with Gasteiger partial charge < -0.3 is 5.32 Å². The van der Waals surface area contributed by atoms with Crippen molar-refractivity contribution in [2.45, 2.75) is 33.9 Å². The first-order valence-corrected chi connectivity index (χ1v) is 7.25. The van der Waals surface area contributed by atoms with Crippen LogP contribution in [-0.4, -0.2) is 28.3 Å². The Morgan fingerprint density at radius 1 is 1.50 bits per heavy atom. The fourth-order valence-corrected chi connectivity index (χ4v) is 1.90. The molecule has 16 heavy (non-hydrogen) atoms. The lowest BCUT2D eigenvalue weighted by Crippen LogP contribution is -2.19. The molecule has 3 nitrogen and oxygen atoms in total. The van der Waals surface area contributed by atoms with Gasteiger partial charge in [-0.25, -0.2) is 0 Å². The quantitative estimate of drug-likeness (QED) is 0.794. The van der Waals surface area contributed by atoms with Gasteiger partial charge in [0.2, 0.25) is 0 Å². The molecule has 1 N–H and O–H groups in total. The molecule has 1 aromatic heterocycles. The highest BCUT2D eigenvalue weighted by atomic mass is 32.2. The molecule has 0 aliphatic carbocycles. The van der Waals surface area contributed by atoms with Crippen molar-refractivity contribution in [3.05, 3.63) is 17.5 Å². The molecule has 92 valence electrons. The lowest BCUT2D eigenvalue weighted by atomic mass is 10.2. The van der Waals surface area contributed by atoms with Crippen molar-refractivity contribution in [3.63, 3.8) is 0 Å². The molecule has 4 heteroatoms. The molecule has 0 saturated carbocycles. The Morgan fingerprint density at radius 3 is 2.88 bits per heavy atom. The Labute approximate surface area is 103 Å². The second kappa shape index (κ2) is 6.97. The molecule has 0 aliphatic heterocycles. The smallest absolute Gasteiger partial charge is 0.0638 e. The molecule has 0 unspecified atom stereocenters. The summed E-state index contributed by atoms with van der Waals surface area (Å²) < 4.78 is 2.05. The van der Waals surface area contributed by atoms with E-state index in [0.717, 1.165) is 31.1 Å². The van der Waals surface area contributed by atoms with Crippen LogP contribution < -0.4 is 5.32 Å². The molecule has 0 radical (unpaired) electrons. The van der Waals surface area contributed by atoms with Crippen LogP contribution in [0.15, 0.2) is 6.20 Å². The Kier molecular flexibility index (Phi) is 5.91. The predicted molar refractivity (Wildman–Crippen MR) is 71.9 cm³/mol. The van der Waals surface area contributed by atoms with E-state index < -0.39 is 0 Å². The molecular weight excluding hydrogens is 218 g/mol. The first-order chi connectivity index (χ1) is 7.63. The monoisotopic (exact) mass is 241 g/mol. The normalized spacial score (nSPS) is 11.3. The van der Waals surface area contributed by atoms with Crippen molar-refractivity contribution >= 4 is 11.8 Å². The Bertz CT molecular complexity index is 307. The fourth-order valence-electron chi connectivity index (χ4n) is 1.53. The first kappa shape index (κ1) is 13.6. The largest absolute Gasteiger partial charge is 0.312 e. The van der Waals surface area contributed by atoms with E-state index in [1.165, 1.54) is 5.56 Å². The molecule has 0 atom stereocenters. The highest BCUT2D eigenvalue weighted by molar-refractivity contribution is 7.98. The number of aromatic nitrogens is 2. The summed E-state index contributed by atoms with van der Waals surface area (Å²) in [7, 11) is 0. The summed E-state index contributed by atoms with van der Waals surface area (Å²) in [5.41, 5.74) is 2.47. The molecule has 1 heterocycles. The van der Waals surface area contributed by atoms with Crippen molar-refractivity contribution in [1.82, 2.24) is 15.1 Å². The molecule has 0 saturated heterocycles. The third-order valence-electron chi connectivity index (χ3n) is 2.44. The summed E-state index contributed by atoms with van der Waals surface area (Å²) >= 11 is 1.86. The van der Waals surface area contributed by atoms with E-state index in [4.69, 9.17) is 0 Å². The number of hydrogen-bond donors (Lipinski definition) is 1. The van der Waals surface area contributed by atoms with Crippen LogP contribution in [0.5, 0.6) is 0 Å². The van der Waals surface area contributed by atoms with Crippen LogP contribution in [0.25, 0.3) is 0 Å². The van der Waals surface area contributed by atoms with Crippen LogP contribution in [0.2, 0.25) is 0 Å². The van der Waals surface area contributed by atoms with Gasteiger partial charge in [-0.1, -0.05) is 13.8 Å². The SMILES string of the molecule is CSCCn1cc(CNCC(C)C)c(C)n1. The summed E-state index contributed by atoms with van der Waals surface area (Å²) in [4.78, 5) is 0. The van der Waals surface area contributed by atoms with Crippen molar-refractivity contribution < 1.29 is 0 Å². The highest BCUT2D eigenvalue weighted by Crippen LogP contribution is 2.06. The van der Waals surface area contributed by atoms with E-state index in [9.17, 15) is 0 Å². The van der Waals surface area contributed by atoms with Gasteiger partial charge in [0.05, 0.1) is 5.69 Å². The Morgan fingerprint density at radius 2 is 2.25 bits per heavy atom. The molecule has 0 spiro atoms. The van der Waals surface area contributed by atoms with Crippen LogP contribution in [-0.2, 0) is 13.1 Å². The van der Waals surface area contributed by atoms with E-state index in [1.807, 2.05) is 11.8 Å². The maximum atomic E-state index is 4.51. The van der Waals surface area contributed by atoms with Crippen LogP contribution in [0.4, 0.5) is 0 Å². The third kappa shape index (κ3) is 4.58. The number of nitrogens with zero attached hydrogens (tertiary/aromatic N) is 2. The second-order valence-electron chi connectivity index (χ2n) is 4.52. The van der Waals surface area contributed by atoms with Crippen molar-refractivity contribution in [3.8, 4) is 0 Å². The maximum Gasteiger partial charge on any atom is 0.0638 e. The summed E-state index contributed by atoms with van der Waals surface area (Å²) in [6.45, 7) is 9.54. The number of hydrogen-bond acceptors (Lipinski definition) is 3. The lowest BCUT2D eigenvalue weighted by Gasteiger charge is -2.05. The average Bonchev–Trinajstić information content (AvgIpc) is 2.56. The first-order valence-electron chi connectivity index (χ1n) is 5.86. The summed E-state index contributed by atoms with van der Waals surface area (Å²) in [6.07, 6.45) is 4.29. The van der Waals surface area contributed by atoms with E-state index >= 15 is 0 Å². The average molecular weight is 241 g/mol. The van der Waals surface area contributed by atoms with E-state index in [1.54, 1.807) is 0 Å². The summed E-state index contributed by atoms with van der Waals surface area (Å²) in [5, 5.41) is 7.96. The van der Waals surface area contributed by atoms with Gasteiger partial charge >= 0.3 is 0 Å². The number of rotatable bonds is 7. The minimum atomic E-state index is 0.701. The molecular formula is C12H23N3S. The van der Waals surface area contributed by atoms with E-state index in [-0.39, 0.29) is 0 Å².